The van der Waals surface area contributed by atoms with Crippen molar-refractivity contribution < 1.29 is 29.3 Å². The van der Waals surface area contributed by atoms with E-state index in [9.17, 15) is 19.8 Å². The number of aliphatic hydroxyl groups excluding tert-OH is 1. The summed E-state index contributed by atoms with van der Waals surface area (Å²) in [7, 11) is 3.75. The van der Waals surface area contributed by atoms with Crippen molar-refractivity contribution in [2.45, 2.75) is 26.8 Å². The van der Waals surface area contributed by atoms with Crippen molar-refractivity contribution in [2.75, 3.05) is 40.4 Å². The molecule has 8 nitrogen and oxygen atoms in total. The Bertz CT molecular complexity index is 1110. The number of nitrogens with zero attached hydrogens (tertiary/aromatic N) is 2. The smallest absolute Gasteiger partial charge is 0.295 e. The number of carbonyl (C=O) groups is 2. The molecule has 1 saturated heterocycles. The Kier molecular flexibility index (Phi) is 7.83. The number of likely N-dealkylation sites (tertiary alicyclic amines) is 1. The second-order valence-corrected chi connectivity index (χ2v) is 8.37. The van der Waals surface area contributed by atoms with Gasteiger partial charge in [-0.3, -0.25) is 9.59 Å². The molecule has 0 aliphatic carbocycles. The number of ketones is 1. The van der Waals surface area contributed by atoms with Gasteiger partial charge in [0, 0.05) is 18.7 Å². The summed E-state index contributed by atoms with van der Waals surface area (Å²) in [6.45, 7) is 7.19. The molecule has 1 aliphatic rings. The van der Waals surface area contributed by atoms with Gasteiger partial charge >= 0.3 is 0 Å². The van der Waals surface area contributed by atoms with Crippen molar-refractivity contribution in [1.82, 2.24) is 9.80 Å². The van der Waals surface area contributed by atoms with Crippen LogP contribution < -0.4 is 9.47 Å². The van der Waals surface area contributed by atoms with Crippen LogP contribution in [-0.2, 0) is 9.59 Å². The lowest BCUT2D eigenvalue weighted by Crippen LogP contribution is -2.35. The molecule has 1 heterocycles. The number of hydrogen-bond donors (Lipinski definition) is 2. The van der Waals surface area contributed by atoms with E-state index in [0.29, 0.717) is 36.6 Å². The van der Waals surface area contributed by atoms with Gasteiger partial charge in [0.2, 0.25) is 0 Å². The summed E-state index contributed by atoms with van der Waals surface area (Å²) in [4.78, 5) is 29.6. The first-order valence-electron chi connectivity index (χ1n) is 11.3. The molecular weight excluding hydrogens is 436 g/mol. The highest BCUT2D eigenvalue weighted by atomic mass is 16.5. The van der Waals surface area contributed by atoms with Crippen molar-refractivity contribution in [3.63, 3.8) is 0 Å². The molecule has 2 aromatic rings. The minimum Gasteiger partial charge on any atom is -0.507 e. The maximum atomic E-state index is 13.2. The van der Waals surface area contributed by atoms with Crippen molar-refractivity contribution in [3.8, 4) is 17.2 Å². The van der Waals surface area contributed by atoms with Gasteiger partial charge in [-0.05, 0) is 76.3 Å². The molecule has 1 amide bonds. The molecule has 0 aromatic heterocycles. The zero-order valence-corrected chi connectivity index (χ0v) is 20.3. The minimum absolute atomic E-state index is 0.000421. The number of amides is 1. The third-order valence-electron chi connectivity index (χ3n) is 5.68. The average molecular weight is 469 g/mol. The maximum absolute atomic E-state index is 13.2. The van der Waals surface area contributed by atoms with Gasteiger partial charge in [-0.2, -0.15) is 0 Å². The molecule has 0 radical (unpaired) electrons. The van der Waals surface area contributed by atoms with Crippen LogP contribution in [0.5, 0.6) is 17.2 Å². The Labute approximate surface area is 200 Å². The molecule has 1 aliphatic heterocycles. The molecule has 2 aromatic carbocycles. The van der Waals surface area contributed by atoms with Gasteiger partial charge in [-0.1, -0.05) is 6.07 Å². The lowest BCUT2D eigenvalue weighted by atomic mass is 9.94. The molecule has 0 spiro atoms. The number of phenols is 1. The van der Waals surface area contributed by atoms with Gasteiger partial charge in [0.05, 0.1) is 24.8 Å². The number of benzene rings is 2. The molecule has 8 heteroatoms. The summed E-state index contributed by atoms with van der Waals surface area (Å²) in [5.74, 6) is -0.802. The van der Waals surface area contributed by atoms with Crippen LogP contribution in [0.1, 0.15) is 36.6 Å². The average Bonchev–Trinajstić information content (AvgIpc) is 3.05. The third kappa shape index (κ3) is 5.02. The van der Waals surface area contributed by atoms with Crippen molar-refractivity contribution in [1.29, 1.82) is 0 Å². The Morgan fingerprint density at radius 3 is 2.32 bits per heavy atom. The monoisotopic (exact) mass is 468 g/mol. The Morgan fingerprint density at radius 2 is 1.71 bits per heavy atom. The largest absolute Gasteiger partial charge is 0.507 e. The molecule has 1 fully saturated rings. The number of phenolic OH excluding ortho intramolecular Hbond substituents is 1. The highest BCUT2D eigenvalue weighted by molar-refractivity contribution is 6.46. The normalized spacial score (nSPS) is 17.5. The fraction of sp³-hybridized carbons (Fsp3) is 0.385. The first kappa shape index (κ1) is 25.1. The van der Waals surface area contributed by atoms with E-state index < -0.39 is 17.7 Å². The Morgan fingerprint density at radius 1 is 1.03 bits per heavy atom. The molecule has 1 unspecified atom stereocenters. The topological polar surface area (TPSA) is 99.5 Å². The van der Waals surface area contributed by atoms with E-state index in [1.807, 2.05) is 32.8 Å². The van der Waals surface area contributed by atoms with E-state index >= 15 is 0 Å². The number of ether oxygens (including phenoxy) is 2. The first-order valence-corrected chi connectivity index (χ1v) is 11.3. The van der Waals surface area contributed by atoms with Gasteiger partial charge in [-0.25, -0.2) is 0 Å². The summed E-state index contributed by atoms with van der Waals surface area (Å²) < 4.78 is 11.1. The zero-order chi connectivity index (χ0) is 25.0. The molecule has 0 bridgehead atoms. The summed E-state index contributed by atoms with van der Waals surface area (Å²) in [6, 6.07) is 9.01. The summed E-state index contributed by atoms with van der Waals surface area (Å²) in [6.07, 6.45) is 0. The van der Waals surface area contributed by atoms with Crippen LogP contribution in [-0.4, -0.2) is 72.1 Å². The number of aromatic hydroxyl groups is 1. The number of rotatable bonds is 9. The zero-order valence-electron chi connectivity index (χ0n) is 20.3. The van der Waals surface area contributed by atoms with Crippen LogP contribution in [0.2, 0.25) is 0 Å². The third-order valence-corrected chi connectivity index (χ3v) is 5.68. The predicted octanol–water partition coefficient (Wildman–Crippen LogP) is 3.48. The van der Waals surface area contributed by atoms with E-state index in [0.717, 1.165) is 5.56 Å². The van der Waals surface area contributed by atoms with Crippen LogP contribution in [0.25, 0.3) is 5.76 Å². The van der Waals surface area contributed by atoms with Crippen molar-refractivity contribution >= 4 is 17.4 Å². The molecule has 34 heavy (non-hydrogen) atoms. The van der Waals surface area contributed by atoms with Gasteiger partial charge < -0.3 is 29.5 Å². The number of aryl methyl sites for hydroxylation is 1. The molecular formula is C26H32N2O6. The Hall–Kier alpha value is -3.52. The second kappa shape index (κ2) is 10.6. The quantitative estimate of drug-likeness (QED) is 0.330. The number of carbonyl (C=O) groups excluding carboxylic acids is 2. The van der Waals surface area contributed by atoms with Gasteiger partial charge in [-0.15, -0.1) is 0 Å². The molecule has 1 atom stereocenters. The maximum Gasteiger partial charge on any atom is 0.295 e. The minimum atomic E-state index is -0.827. The fourth-order valence-electron chi connectivity index (χ4n) is 4.01. The van der Waals surface area contributed by atoms with E-state index in [1.165, 1.54) is 11.0 Å². The van der Waals surface area contributed by atoms with Crippen molar-refractivity contribution in [2.24, 2.45) is 0 Å². The number of hydrogen-bond acceptors (Lipinski definition) is 7. The van der Waals surface area contributed by atoms with Crippen LogP contribution >= 0.6 is 0 Å². The SMILES string of the molecule is CCOc1ccc(/C(O)=C2/C(=O)C(=O)N(CCN(C)C)C2c2ccc(O)c(OCC)c2)cc1C. The molecule has 3 rings (SSSR count). The van der Waals surface area contributed by atoms with Gasteiger partial charge in [0.25, 0.3) is 11.7 Å². The van der Waals surface area contributed by atoms with E-state index in [1.54, 1.807) is 37.3 Å². The van der Waals surface area contributed by atoms with Crippen LogP contribution in [0.15, 0.2) is 42.0 Å². The first-order chi connectivity index (χ1) is 16.2. The highest BCUT2D eigenvalue weighted by Gasteiger charge is 2.46. The van der Waals surface area contributed by atoms with Crippen LogP contribution in [0, 0.1) is 6.92 Å². The standard InChI is InChI=1S/C26H32N2O6/c1-6-33-20-11-9-18(14-16(20)3)24(30)22-23(17-8-10-19(29)21(15-17)34-7-2)28(13-12-27(4)5)26(32)25(22)31/h8-11,14-15,23,29-30H,6-7,12-13H2,1-5H3/b24-22-. The van der Waals surface area contributed by atoms with Crippen molar-refractivity contribution in [3.05, 3.63) is 58.7 Å². The Balaban J connectivity index is 2.16. The van der Waals surface area contributed by atoms with Crippen LogP contribution in [0.4, 0.5) is 0 Å². The second-order valence-electron chi connectivity index (χ2n) is 8.37. The van der Waals surface area contributed by atoms with Gasteiger partial charge in [0.1, 0.15) is 11.5 Å². The highest BCUT2D eigenvalue weighted by Crippen LogP contribution is 2.42. The van der Waals surface area contributed by atoms with E-state index in [2.05, 4.69) is 0 Å². The summed E-state index contributed by atoms with van der Waals surface area (Å²) >= 11 is 0. The van der Waals surface area contributed by atoms with Crippen LogP contribution in [0.3, 0.4) is 0 Å². The number of aliphatic hydroxyl groups is 1. The number of likely N-dealkylation sites (N-methyl/N-ethyl adjacent to an activating group) is 1. The van der Waals surface area contributed by atoms with E-state index in [4.69, 9.17) is 9.47 Å². The summed E-state index contributed by atoms with van der Waals surface area (Å²) in [5.41, 5.74) is 1.77. The molecule has 0 saturated carbocycles. The molecule has 182 valence electrons. The van der Waals surface area contributed by atoms with E-state index in [-0.39, 0.29) is 29.4 Å². The molecule has 2 N–H and O–H groups in total. The fourth-order valence-corrected chi connectivity index (χ4v) is 4.01. The lowest BCUT2D eigenvalue weighted by Gasteiger charge is -2.27. The predicted molar refractivity (Wildman–Crippen MR) is 129 cm³/mol. The number of Topliss-reactive ketones (excluding diaryl/α,β-unsaturated/α-hetero) is 1. The summed E-state index contributed by atoms with van der Waals surface area (Å²) in [5, 5.41) is 21.4. The lowest BCUT2D eigenvalue weighted by molar-refractivity contribution is -0.140. The van der Waals surface area contributed by atoms with Gasteiger partial charge in [0.15, 0.2) is 11.5 Å².